The van der Waals surface area contributed by atoms with Crippen molar-refractivity contribution in [1.29, 1.82) is 0 Å². The maximum Gasteiger partial charge on any atom is 0.438 e. The lowest BCUT2D eigenvalue weighted by Gasteiger charge is -2.27. The van der Waals surface area contributed by atoms with Gasteiger partial charge in [-0.2, -0.15) is 0 Å². The average molecular weight is 241 g/mol. The number of aromatic nitrogens is 2. The van der Waals surface area contributed by atoms with E-state index in [9.17, 15) is 4.79 Å². The van der Waals surface area contributed by atoms with Gasteiger partial charge in [0.15, 0.2) is 5.82 Å². The smallest absolute Gasteiger partial charge is 0.327 e. The molecule has 0 aliphatic carbocycles. The van der Waals surface area contributed by atoms with Crippen molar-refractivity contribution in [3.05, 3.63) is 16.4 Å². The first-order chi connectivity index (χ1) is 7.93. The summed E-state index contributed by atoms with van der Waals surface area (Å²) in [5, 5.41) is 3.62. The van der Waals surface area contributed by atoms with Crippen LogP contribution in [0.2, 0.25) is 0 Å². The van der Waals surface area contributed by atoms with Gasteiger partial charge in [-0.05, 0) is 18.3 Å². The molecule has 5 heteroatoms. The monoisotopic (exact) mass is 241 g/mol. The van der Waals surface area contributed by atoms with Crippen molar-refractivity contribution in [3.8, 4) is 0 Å². The van der Waals surface area contributed by atoms with Gasteiger partial charge >= 0.3 is 5.76 Å². The Kier molecular flexibility index (Phi) is 4.93. The summed E-state index contributed by atoms with van der Waals surface area (Å²) >= 11 is 0. The third-order valence-electron chi connectivity index (χ3n) is 2.96. The summed E-state index contributed by atoms with van der Waals surface area (Å²) in [4.78, 5) is 13.3. The summed E-state index contributed by atoms with van der Waals surface area (Å²) in [6.45, 7) is 6.65. The number of rotatable bonds is 7. The van der Waals surface area contributed by atoms with Gasteiger partial charge in [-0.25, -0.2) is 4.79 Å². The molecule has 1 heterocycles. The fourth-order valence-corrected chi connectivity index (χ4v) is 2.14. The quantitative estimate of drug-likeness (QED) is 0.762. The van der Waals surface area contributed by atoms with Crippen molar-refractivity contribution in [1.82, 2.24) is 10.1 Å². The van der Waals surface area contributed by atoms with Crippen LogP contribution < -0.4 is 11.5 Å². The van der Waals surface area contributed by atoms with Crippen molar-refractivity contribution in [3.63, 3.8) is 0 Å². The molecule has 0 fully saturated rings. The van der Waals surface area contributed by atoms with Crippen LogP contribution >= 0.6 is 0 Å². The highest BCUT2D eigenvalue weighted by molar-refractivity contribution is 4.86. The molecular weight excluding hydrogens is 218 g/mol. The van der Waals surface area contributed by atoms with Gasteiger partial charge < -0.3 is 5.73 Å². The largest absolute Gasteiger partial charge is 0.438 e. The first kappa shape index (κ1) is 14.0. The van der Waals surface area contributed by atoms with E-state index in [1.807, 2.05) is 0 Å². The van der Waals surface area contributed by atoms with Gasteiger partial charge in [-0.15, -0.1) is 0 Å². The highest BCUT2D eigenvalue weighted by Crippen LogP contribution is 2.28. The minimum absolute atomic E-state index is 0.00241. The molecular formula is C12H23N3O2. The van der Waals surface area contributed by atoms with E-state index in [1.54, 1.807) is 0 Å². The van der Waals surface area contributed by atoms with E-state index < -0.39 is 5.76 Å². The number of nitrogens with one attached hydrogen (secondary N) is 1. The summed E-state index contributed by atoms with van der Waals surface area (Å²) in [6.07, 6.45) is 5.07. The Balaban J connectivity index is 2.43. The zero-order valence-corrected chi connectivity index (χ0v) is 11.0. The Bertz CT molecular complexity index is 381. The molecule has 98 valence electrons. The van der Waals surface area contributed by atoms with Gasteiger partial charge in [-0.3, -0.25) is 9.51 Å². The lowest BCUT2D eigenvalue weighted by Crippen LogP contribution is -2.30. The molecule has 1 aromatic rings. The Morgan fingerprint density at radius 3 is 2.76 bits per heavy atom. The second-order valence-corrected chi connectivity index (χ2v) is 5.48. The van der Waals surface area contributed by atoms with Crippen LogP contribution in [0.5, 0.6) is 0 Å². The molecule has 1 rings (SSSR count). The van der Waals surface area contributed by atoms with Gasteiger partial charge in [0, 0.05) is 12.5 Å². The standard InChI is InChI=1S/C12H23N3O2/c1-4-5-6-12(2,3)8-9(13)7-10-14-11(16)17-15-10/h9H,4-8,13H2,1-3H3,(H,14,15,16). The Hall–Kier alpha value is -1.10. The first-order valence-electron chi connectivity index (χ1n) is 6.23. The first-order valence-corrected chi connectivity index (χ1v) is 6.23. The van der Waals surface area contributed by atoms with Crippen molar-refractivity contribution < 1.29 is 4.52 Å². The third-order valence-corrected chi connectivity index (χ3v) is 2.96. The Morgan fingerprint density at radius 2 is 2.24 bits per heavy atom. The normalized spacial score (nSPS) is 13.9. The molecule has 0 aromatic carbocycles. The number of hydrogen-bond acceptors (Lipinski definition) is 4. The number of hydrogen-bond donors (Lipinski definition) is 2. The second kappa shape index (κ2) is 6.00. The second-order valence-electron chi connectivity index (χ2n) is 5.48. The summed E-state index contributed by atoms with van der Waals surface area (Å²) in [5.74, 6) is 0.0197. The van der Waals surface area contributed by atoms with Crippen molar-refractivity contribution >= 4 is 0 Å². The van der Waals surface area contributed by atoms with Crippen LogP contribution in [0.25, 0.3) is 0 Å². The van der Waals surface area contributed by atoms with Gasteiger partial charge in [0.25, 0.3) is 0 Å². The molecule has 1 unspecified atom stereocenters. The highest BCUT2D eigenvalue weighted by atomic mass is 16.5. The molecule has 0 radical (unpaired) electrons. The topological polar surface area (TPSA) is 84.9 Å². The minimum atomic E-state index is -0.516. The predicted molar refractivity (Wildman–Crippen MR) is 66.7 cm³/mol. The number of aromatic amines is 1. The molecule has 0 aliphatic rings. The van der Waals surface area contributed by atoms with E-state index in [0.717, 1.165) is 6.42 Å². The van der Waals surface area contributed by atoms with E-state index in [4.69, 9.17) is 5.73 Å². The third kappa shape index (κ3) is 5.17. The van der Waals surface area contributed by atoms with E-state index in [0.29, 0.717) is 12.2 Å². The molecule has 0 aliphatic heterocycles. The fourth-order valence-electron chi connectivity index (χ4n) is 2.14. The number of unbranched alkanes of at least 4 members (excludes halogenated alkanes) is 1. The SMILES string of the molecule is CCCCC(C)(C)CC(N)Cc1noc(=O)[nH]1. The van der Waals surface area contributed by atoms with Crippen LogP contribution in [-0.4, -0.2) is 16.2 Å². The maximum absolute atomic E-state index is 10.8. The lowest BCUT2D eigenvalue weighted by molar-refractivity contribution is 0.270. The predicted octanol–water partition coefficient (Wildman–Crippen LogP) is 1.84. The minimum Gasteiger partial charge on any atom is -0.327 e. The van der Waals surface area contributed by atoms with Crippen LogP contribution in [0.1, 0.15) is 52.3 Å². The number of nitrogens with zero attached hydrogens (tertiary/aromatic N) is 1. The number of nitrogens with two attached hydrogens (primary N) is 1. The summed E-state index contributed by atoms with van der Waals surface area (Å²) < 4.78 is 4.44. The summed E-state index contributed by atoms with van der Waals surface area (Å²) in [7, 11) is 0. The molecule has 5 nitrogen and oxygen atoms in total. The Morgan fingerprint density at radius 1 is 1.53 bits per heavy atom. The van der Waals surface area contributed by atoms with Gasteiger partial charge in [-0.1, -0.05) is 38.8 Å². The summed E-state index contributed by atoms with van der Waals surface area (Å²) in [5.41, 5.74) is 6.30. The highest BCUT2D eigenvalue weighted by Gasteiger charge is 2.21. The maximum atomic E-state index is 10.8. The van der Waals surface area contributed by atoms with Crippen LogP contribution in [0, 0.1) is 5.41 Å². The van der Waals surface area contributed by atoms with Crippen LogP contribution in [-0.2, 0) is 6.42 Å². The van der Waals surface area contributed by atoms with E-state index in [2.05, 4.69) is 35.4 Å². The Labute approximate surface area is 102 Å². The molecule has 0 saturated carbocycles. The number of H-pyrrole nitrogens is 1. The van der Waals surface area contributed by atoms with Crippen molar-refractivity contribution in [2.45, 2.75) is 58.9 Å². The van der Waals surface area contributed by atoms with E-state index in [-0.39, 0.29) is 11.5 Å². The fraction of sp³-hybridized carbons (Fsp3) is 0.833. The molecule has 0 amide bonds. The van der Waals surface area contributed by atoms with E-state index >= 15 is 0 Å². The van der Waals surface area contributed by atoms with E-state index in [1.165, 1.54) is 19.3 Å². The zero-order valence-electron chi connectivity index (χ0n) is 11.0. The van der Waals surface area contributed by atoms with Crippen LogP contribution in [0.4, 0.5) is 0 Å². The van der Waals surface area contributed by atoms with Crippen molar-refractivity contribution in [2.24, 2.45) is 11.1 Å². The van der Waals surface area contributed by atoms with Crippen LogP contribution in [0.15, 0.2) is 9.32 Å². The molecule has 17 heavy (non-hydrogen) atoms. The molecule has 1 atom stereocenters. The van der Waals surface area contributed by atoms with Gasteiger partial charge in [0.05, 0.1) is 0 Å². The van der Waals surface area contributed by atoms with Crippen molar-refractivity contribution in [2.75, 3.05) is 0 Å². The molecule has 0 saturated heterocycles. The zero-order chi connectivity index (χ0) is 12.9. The molecule has 0 bridgehead atoms. The molecule has 0 spiro atoms. The lowest BCUT2D eigenvalue weighted by atomic mass is 9.80. The average Bonchev–Trinajstić information content (AvgIpc) is 2.60. The summed E-state index contributed by atoms with van der Waals surface area (Å²) in [6, 6.07) is 0.00241. The van der Waals surface area contributed by atoms with Gasteiger partial charge in [0.1, 0.15) is 0 Å². The van der Waals surface area contributed by atoms with Crippen LogP contribution in [0.3, 0.4) is 0 Å². The molecule has 1 aromatic heterocycles. The van der Waals surface area contributed by atoms with Gasteiger partial charge in [0.2, 0.25) is 0 Å². The molecule has 3 N–H and O–H groups in total.